The van der Waals surface area contributed by atoms with E-state index in [0.717, 1.165) is 5.56 Å². The Bertz CT molecular complexity index is 1290. The Morgan fingerprint density at radius 2 is 1.80 bits per heavy atom. The number of rotatable bonds is 4. The number of hydrogen-bond donors (Lipinski definition) is 1. The molecule has 0 saturated carbocycles. The van der Waals surface area contributed by atoms with E-state index in [4.69, 9.17) is 23.2 Å². The summed E-state index contributed by atoms with van der Waals surface area (Å²) in [5.74, 6) is -0.792. The fourth-order valence-electron chi connectivity index (χ4n) is 2.98. The van der Waals surface area contributed by atoms with Crippen LogP contribution in [0.15, 0.2) is 77.9 Å². The van der Waals surface area contributed by atoms with E-state index in [0.29, 0.717) is 37.8 Å². The third-order valence-electron chi connectivity index (χ3n) is 4.40. The number of para-hydroxylation sites is 1. The lowest BCUT2D eigenvalue weighted by molar-refractivity contribution is 0.0956. The van der Waals surface area contributed by atoms with E-state index in [1.165, 1.54) is 18.3 Å². The predicted octanol–water partition coefficient (Wildman–Crippen LogP) is 6.11. The number of hydrogen-bond acceptors (Lipinski definition) is 3. The van der Waals surface area contributed by atoms with Crippen molar-refractivity contribution in [3.63, 3.8) is 0 Å². The molecule has 30 heavy (non-hydrogen) atoms. The molecule has 1 N–H and O–H groups in total. The standard InChI is InChI=1S/C23H14Cl2FN3O/c24-19-9-8-15(11-20(19)25)22-12-18(17-6-1-2-7-21(17)28-22)23(30)29-27-13-14-4-3-5-16(26)10-14/h1-13H,(H,29,30)/b27-13-. The molecule has 0 bridgehead atoms. The van der Waals surface area contributed by atoms with Gasteiger partial charge >= 0.3 is 0 Å². The quantitative estimate of drug-likeness (QED) is 0.309. The normalized spacial score (nSPS) is 11.2. The topological polar surface area (TPSA) is 54.4 Å². The van der Waals surface area contributed by atoms with Crippen LogP contribution in [0, 0.1) is 5.82 Å². The number of pyridine rings is 1. The summed E-state index contributed by atoms with van der Waals surface area (Å²) in [5.41, 5.74) is 5.38. The minimum Gasteiger partial charge on any atom is -0.267 e. The van der Waals surface area contributed by atoms with Crippen LogP contribution < -0.4 is 5.43 Å². The van der Waals surface area contributed by atoms with Gasteiger partial charge in [-0.3, -0.25) is 4.79 Å². The number of amides is 1. The number of benzene rings is 3. The van der Waals surface area contributed by atoms with Crippen LogP contribution in [0.5, 0.6) is 0 Å². The summed E-state index contributed by atoms with van der Waals surface area (Å²) in [6.07, 6.45) is 1.38. The van der Waals surface area contributed by atoms with Gasteiger partial charge in [0.05, 0.1) is 33.0 Å². The maximum absolute atomic E-state index is 13.3. The van der Waals surface area contributed by atoms with Gasteiger partial charge in [0.2, 0.25) is 0 Å². The van der Waals surface area contributed by atoms with E-state index in [-0.39, 0.29) is 5.82 Å². The summed E-state index contributed by atoms with van der Waals surface area (Å²) >= 11 is 12.1. The molecule has 4 rings (SSSR count). The molecule has 0 spiro atoms. The second kappa shape index (κ2) is 8.61. The Hall–Kier alpha value is -3.28. The molecule has 7 heteroatoms. The molecule has 148 valence electrons. The van der Waals surface area contributed by atoms with Crippen LogP contribution in [0.2, 0.25) is 10.0 Å². The van der Waals surface area contributed by atoms with E-state index in [9.17, 15) is 9.18 Å². The average Bonchev–Trinajstić information content (AvgIpc) is 2.75. The Morgan fingerprint density at radius 1 is 0.967 bits per heavy atom. The lowest BCUT2D eigenvalue weighted by atomic mass is 10.0. The van der Waals surface area contributed by atoms with Gasteiger partial charge in [-0.15, -0.1) is 0 Å². The second-order valence-corrected chi connectivity index (χ2v) is 7.27. The Kier molecular flexibility index (Phi) is 5.74. The molecular weight excluding hydrogens is 424 g/mol. The zero-order valence-electron chi connectivity index (χ0n) is 15.4. The largest absolute Gasteiger partial charge is 0.272 e. The van der Waals surface area contributed by atoms with Gasteiger partial charge in [0.15, 0.2) is 0 Å². The van der Waals surface area contributed by atoms with Gasteiger partial charge in [0.25, 0.3) is 5.91 Å². The maximum atomic E-state index is 13.3. The van der Waals surface area contributed by atoms with Gasteiger partial charge < -0.3 is 0 Å². The van der Waals surface area contributed by atoms with Crippen LogP contribution in [0.3, 0.4) is 0 Å². The van der Waals surface area contributed by atoms with Gasteiger partial charge in [-0.05, 0) is 42.0 Å². The molecule has 0 aliphatic rings. The first-order chi connectivity index (χ1) is 14.5. The van der Waals surface area contributed by atoms with Crippen molar-refractivity contribution in [2.75, 3.05) is 0 Å². The Labute approximate surface area is 182 Å². The van der Waals surface area contributed by atoms with Crippen molar-refractivity contribution in [2.24, 2.45) is 5.10 Å². The predicted molar refractivity (Wildman–Crippen MR) is 119 cm³/mol. The van der Waals surface area contributed by atoms with Crippen LogP contribution in [0.4, 0.5) is 4.39 Å². The van der Waals surface area contributed by atoms with Crippen molar-refractivity contribution in [1.29, 1.82) is 0 Å². The van der Waals surface area contributed by atoms with Crippen molar-refractivity contribution < 1.29 is 9.18 Å². The van der Waals surface area contributed by atoms with Crippen LogP contribution >= 0.6 is 23.2 Å². The first kappa shape index (κ1) is 20.0. The molecule has 0 fully saturated rings. The zero-order valence-corrected chi connectivity index (χ0v) is 17.0. The molecular formula is C23H14Cl2FN3O. The van der Waals surface area contributed by atoms with Gasteiger partial charge in [-0.1, -0.05) is 59.6 Å². The summed E-state index contributed by atoms with van der Waals surface area (Å²) in [5, 5.41) is 5.46. The Morgan fingerprint density at radius 3 is 2.60 bits per heavy atom. The molecule has 4 aromatic rings. The average molecular weight is 438 g/mol. The molecule has 0 atom stereocenters. The zero-order chi connectivity index (χ0) is 21.1. The number of aromatic nitrogens is 1. The highest BCUT2D eigenvalue weighted by Crippen LogP contribution is 2.30. The third-order valence-corrected chi connectivity index (χ3v) is 5.14. The van der Waals surface area contributed by atoms with Crippen molar-refractivity contribution in [2.45, 2.75) is 0 Å². The van der Waals surface area contributed by atoms with Crippen molar-refractivity contribution in [3.8, 4) is 11.3 Å². The molecule has 0 radical (unpaired) electrons. The highest BCUT2D eigenvalue weighted by Gasteiger charge is 2.14. The second-order valence-electron chi connectivity index (χ2n) is 6.46. The number of nitrogens with zero attached hydrogens (tertiary/aromatic N) is 2. The van der Waals surface area contributed by atoms with Crippen LogP contribution in [0.1, 0.15) is 15.9 Å². The SMILES string of the molecule is O=C(N/N=C\c1cccc(F)c1)c1cc(-c2ccc(Cl)c(Cl)c2)nc2ccccc12. The summed E-state index contributed by atoms with van der Waals surface area (Å²) in [6.45, 7) is 0. The molecule has 0 unspecified atom stereocenters. The van der Waals surface area contributed by atoms with E-state index >= 15 is 0 Å². The van der Waals surface area contributed by atoms with Crippen LogP contribution in [-0.2, 0) is 0 Å². The van der Waals surface area contributed by atoms with E-state index < -0.39 is 5.91 Å². The smallest absolute Gasteiger partial charge is 0.267 e. The molecule has 1 aromatic heterocycles. The van der Waals surface area contributed by atoms with Gasteiger partial charge in [-0.25, -0.2) is 14.8 Å². The molecule has 4 nitrogen and oxygen atoms in total. The number of halogens is 3. The van der Waals surface area contributed by atoms with Gasteiger partial charge in [-0.2, -0.15) is 5.10 Å². The molecule has 3 aromatic carbocycles. The minimum absolute atomic E-state index is 0.378. The van der Waals surface area contributed by atoms with Crippen molar-refractivity contribution in [1.82, 2.24) is 10.4 Å². The summed E-state index contributed by atoms with van der Waals surface area (Å²) < 4.78 is 13.3. The molecule has 0 aliphatic heterocycles. The fraction of sp³-hybridized carbons (Fsp3) is 0. The fourth-order valence-corrected chi connectivity index (χ4v) is 3.28. The van der Waals surface area contributed by atoms with Crippen LogP contribution in [0.25, 0.3) is 22.2 Å². The summed E-state index contributed by atoms with van der Waals surface area (Å²) in [4.78, 5) is 17.5. The lowest BCUT2D eigenvalue weighted by Crippen LogP contribution is -2.18. The van der Waals surface area contributed by atoms with Crippen LogP contribution in [-0.4, -0.2) is 17.1 Å². The summed E-state index contributed by atoms with van der Waals surface area (Å²) in [7, 11) is 0. The number of nitrogens with one attached hydrogen (secondary N) is 1. The van der Waals surface area contributed by atoms with E-state index in [1.54, 1.807) is 36.4 Å². The number of hydrazone groups is 1. The minimum atomic E-state index is -0.414. The lowest BCUT2D eigenvalue weighted by Gasteiger charge is -2.09. The summed E-state index contributed by atoms with van der Waals surface area (Å²) in [6, 6.07) is 20.1. The van der Waals surface area contributed by atoms with Gasteiger partial charge in [0.1, 0.15) is 5.82 Å². The Balaban J connectivity index is 1.70. The monoisotopic (exact) mass is 437 g/mol. The molecule has 0 aliphatic carbocycles. The van der Waals surface area contributed by atoms with Crippen molar-refractivity contribution in [3.05, 3.63) is 99.8 Å². The van der Waals surface area contributed by atoms with E-state index in [1.807, 2.05) is 24.3 Å². The number of carbonyl (C=O) groups is 1. The highest BCUT2D eigenvalue weighted by molar-refractivity contribution is 6.42. The maximum Gasteiger partial charge on any atom is 0.272 e. The first-order valence-electron chi connectivity index (χ1n) is 8.95. The third kappa shape index (κ3) is 4.32. The molecule has 1 amide bonds. The van der Waals surface area contributed by atoms with Crippen molar-refractivity contribution >= 4 is 46.2 Å². The highest BCUT2D eigenvalue weighted by atomic mass is 35.5. The van der Waals surface area contributed by atoms with E-state index in [2.05, 4.69) is 15.5 Å². The molecule has 0 saturated heterocycles. The first-order valence-corrected chi connectivity index (χ1v) is 9.71. The number of fused-ring (bicyclic) bond motifs is 1. The molecule has 1 heterocycles. The van der Waals surface area contributed by atoms with Gasteiger partial charge in [0, 0.05) is 10.9 Å². The number of carbonyl (C=O) groups excluding carboxylic acids is 1.